The second-order valence-corrected chi connectivity index (χ2v) is 4.15. The summed E-state index contributed by atoms with van der Waals surface area (Å²) < 4.78 is 5.60. The van der Waals surface area contributed by atoms with Crippen LogP contribution in [0.2, 0.25) is 0 Å². The highest BCUT2D eigenvalue weighted by molar-refractivity contribution is 5.98. The largest absolute Gasteiger partial charge is 0.489 e. The van der Waals surface area contributed by atoms with E-state index in [9.17, 15) is 4.79 Å². The van der Waals surface area contributed by atoms with E-state index >= 15 is 0 Å². The zero-order valence-corrected chi connectivity index (χ0v) is 9.14. The van der Waals surface area contributed by atoms with Crippen LogP contribution in [0.1, 0.15) is 5.56 Å². The molecule has 0 bridgehead atoms. The van der Waals surface area contributed by atoms with Crippen molar-refractivity contribution in [2.24, 2.45) is 0 Å². The van der Waals surface area contributed by atoms with Crippen LogP contribution >= 0.6 is 0 Å². The number of nitrogens with one attached hydrogen (secondary N) is 1. The molecule has 1 N–H and O–H groups in total. The molecule has 5 heteroatoms. The summed E-state index contributed by atoms with van der Waals surface area (Å²) in [4.78, 5) is 13.7. The molecule has 86 valence electrons. The molecule has 5 nitrogen and oxygen atoms in total. The third kappa shape index (κ3) is 1.54. The Morgan fingerprint density at radius 1 is 1.53 bits per heavy atom. The molecule has 0 aromatic heterocycles. The summed E-state index contributed by atoms with van der Waals surface area (Å²) in [5.41, 5.74) is 1.26. The number of ether oxygens (including phenoxy) is 1. The standard InChI is InChI=1S/C12H11N3O2/c13-4-8-1-2-11-10(3-8)15-9(7-17-11)5-14-6-12(15)16/h1-3,9,14H,5-7H2. The van der Waals surface area contributed by atoms with Gasteiger partial charge in [0.05, 0.1) is 29.9 Å². The topological polar surface area (TPSA) is 65.4 Å². The first-order valence-electron chi connectivity index (χ1n) is 5.49. The van der Waals surface area contributed by atoms with E-state index in [1.165, 1.54) is 0 Å². The number of amides is 1. The molecule has 1 unspecified atom stereocenters. The van der Waals surface area contributed by atoms with Gasteiger partial charge in [0.2, 0.25) is 5.91 Å². The van der Waals surface area contributed by atoms with Crippen LogP contribution in [0.15, 0.2) is 18.2 Å². The first-order chi connectivity index (χ1) is 8.29. The number of anilines is 1. The number of fused-ring (bicyclic) bond motifs is 3. The molecule has 17 heavy (non-hydrogen) atoms. The molecule has 0 radical (unpaired) electrons. The summed E-state index contributed by atoms with van der Waals surface area (Å²) in [7, 11) is 0. The smallest absolute Gasteiger partial charge is 0.241 e. The molecule has 1 amide bonds. The van der Waals surface area contributed by atoms with Crippen LogP contribution in [-0.4, -0.2) is 31.6 Å². The average Bonchev–Trinajstić information content (AvgIpc) is 2.38. The Morgan fingerprint density at radius 2 is 2.41 bits per heavy atom. The van der Waals surface area contributed by atoms with Gasteiger partial charge in [0.15, 0.2) is 0 Å². The number of hydrogen-bond acceptors (Lipinski definition) is 4. The Bertz CT molecular complexity index is 521. The molecule has 1 aromatic rings. The SMILES string of the molecule is N#Cc1ccc2c(c1)N1C(=O)CNCC1CO2. The van der Waals surface area contributed by atoms with Crippen molar-refractivity contribution in [3.05, 3.63) is 23.8 Å². The Hall–Kier alpha value is -2.06. The second-order valence-electron chi connectivity index (χ2n) is 4.15. The normalized spacial score (nSPS) is 22.2. The first-order valence-corrected chi connectivity index (χ1v) is 5.49. The molecule has 2 heterocycles. The average molecular weight is 229 g/mol. The summed E-state index contributed by atoms with van der Waals surface area (Å²) in [5, 5.41) is 12.0. The number of rotatable bonds is 0. The fourth-order valence-electron chi connectivity index (χ4n) is 2.27. The van der Waals surface area contributed by atoms with Gasteiger partial charge in [0.1, 0.15) is 12.4 Å². The van der Waals surface area contributed by atoms with Crippen LogP contribution in [0, 0.1) is 11.3 Å². The Balaban J connectivity index is 2.09. The van der Waals surface area contributed by atoms with Gasteiger partial charge in [-0.3, -0.25) is 9.69 Å². The van der Waals surface area contributed by atoms with Crippen molar-refractivity contribution in [2.45, 2.75) is 6.04 Å². The minimum absolute atomic E-state index is 0.0256. The lowest BCUT2D eigenvalue weighted by atomic mass is 10.1. The number of hydrogen-bond donors (Lipinski definition) is 1. The van der Waals surface area contributed by atoms with E-state index in [2.05, 4.69) is 11.4 Å². The molecule has 2 aliphatic rings. The van der Waals surface area contributed by atoms with Gasteiger partial charge in [-0.2, -0.15) is 5.26 Å². The molecule has 1 atom stereocenters. The summed E-state index contributed by atoms with van der Waals surface area (Å²) in [5.74, 6) is 0.705. The number of carbonyl (C=O) groups excluding carboxylic acids is 1. The van der Waals surface area contributed by atoms with Gasteiger partial charge in [-0.05, 0) is 18.2 Å². The van der Waals surface area contributed by atoms with Gasteiger partial charge in [0, 0.05) is 6.54 Å². The fraction of sp³-hybridized carbons (Fsp3) is 0.333. The van der Waals surface area contributed by atoms with E-state index in [1.807, 2.05) is 0 Å². The van der Waals surface area contributed by atoms with Gasteiger partial charge >= 0.3 is 0 Å². The fourth-order valence-corrected chi connectivity index (χ4v) is 2.27. The van der Waals surface area contributed by atoms with Gasteiger partial charge in [-0.15, -0.1) is 0 Å². The highest BCUT2D eigenvalue weighted by Gasteiger charge is 2.34. The van der Waals surface area contributed by atoms with E-state index in [4.69, 9.17) is 10.00 Å². The van der Waals surface area contributed by atoms with Gasteiger partial charge in [0.25, 0.3) is 0 Å². The van der Waals surface area contributed by atoms with Crippen molar-refractivity contribution in [1.29, 1.82) is 5.26 Å². The predicted molar refractivity (Wildman–Crippen MR) is 60.8 cm³/mol. The summed E-state index contributed by atoms with van der Waals surface area (Å²) in [6.07, 6.45) is 0. The quantitative estimate of drug-likeness (QED) is 0.692. The lowest BCUT2D eigenvalue weighted by Crippen LogP contribution is -2.58. The maximum Gasteiger partial charge on any atom is 0.241 e. The van der Waals surface area contributed by atoms with E-state index in [0.29, 0.717) is 30.2 Å². The van der Waals surface area contributed by atoms with Crippen molar-refractivity contribution >= 4 is 11.6 Å². The third-order valence-electron chi connectivity index (χ3n) is 3.07. The van der Waals surface area contributed by atoms with Gasteiger partial charge in [-0.25, -0.2) is 0 Å². The summed E-state index contributed by atoms with van der Waals surface area (Å²) in [6.45, 7) is 1.56. The predicted octanol–water partition coefficient (Wildman–Crippen LogP) is 0.255. The molecule has 1 aromatic carbocycles. The number of piperazine rings is 1. The zero-order chi connectivity index (χ0) is 11.8. The van der Waals surface area contributed by atoms with E-state index in [0.717, 1.165) is 6.54 Å². The molecule has 3 rings (SSSR count). The lowest BCUT2D eigenvalue weighted by Gasteiger charge is -2.40. The van der Waals surface area contributed by atoms with E-state index in [1.54, 1.807) is 23.1 Å². The number of nitriles is 1. The highest BCUT2D eigenvalue weighted by atomic mass is 16.5. The van der Waals surface area contributed by atoms with E-state index < -0.39 is 0 Å². The number of nitrogens with zero attached hydrogens (tertiary/aromatic N) is 2. The lowest BCUT2D eigenvalue weighted by molar-refractivity contribution is -0.119. The first kappa shape index (κ1) is 10.1. The summed E-state index contributed by atoms with van der Waals surface area (Å²) >= 11 is 0. The monoisotopic (exact) mass is 229 g/mol. The maximum atomic E-state index is 11.9. The second kappa shape index (κ2) is 3.75. The minimum Gasteiger partial charge on any atom is -0.489 e. The molecule has 2 aliphatic heterocycles. The van der Waals surface area contributed by atoms with Gasteiger partial charge < -0.3 is 10.1 Å². The zero-order valence-electron chi connectivity index (χ0n) is 9.14. The molecule has 1 saturated heterocycles. The third-order valence-corrected chi connectivity index (χ3v) is 3.07. The Labute approximate surface area is 98.6 Å². The van der Waals surface area contributed by atoms with Crippen LogP contribution in [0.25, 0.3) is 0 Å². The molecular weight excluding hydrogens is 218 g/mol. The van der Waals surface area contributed by atoms with Gasteiger partial charge in [-0.1, -0.05) is 0 Å². The van der Waals surface area contributed by atoms with E-state index in [-0.39, 0.29) is 11.9 Å². The highest BCUT2D eigenvalue weighted by Crippen LogP contribution is 2.35. The van der Waals surface area contributed by atoms with Crippen LogP contribution < -0.4 is 15.0 Å². The summed E-state index contributed by atoms with van der Waals surface area (Å²) in [6, 6.07) is 7.27. The molecule has 0 saturated carbocycles. The van der Waals surface area contributed by atoms with Crippen LogP contribution in [0.4, 0.5) is 5.69 Å². The number of carbonyl (C=O) groups is 1. The Morgan fingerprint density at radius 3 is 3.24 bits per heavy atom. The van der Waals surface area contributed by atoms with Crippen LogP contribution in [-0.2, 0) is 4.79 Å². The van der Waals surface area contributed by atoms with Crippen LogP contribution in [0.5, 0.6) is 5.75 Å². The van der Waals surface area contributed by atoms with Crippen molar-refractivity contribution in [3.8, 4) is 11.8 Å². The Kier molecular flexibility index (Phi) is 2.23. The minimum atomic E-state index is 0.0256. The van der Waals surface area contributed by atoms with Crippen molar-refractivity contribution < 1.29 is 9.53 Å². The molecule has 0 spiro atoms. The van der Waals surface area contributed by atoms with Crippen molar-refractivity contribution in [3.63, 3.8) is 0 Å². The van der Waals surface area contributed by atoms with Crippen molar-refractivity contribution in [2.75, 3.05) is 24.6 Å². The molecule has 1 fully saturated rings. The van der Waals surface area contributed by atoms with Crippen LogP contribution in [0.3, 0.4) is 0 Å². The number of benzene rings is 1. The maximum absolute atomic E-state index is 11.9. The molecular formula is C12H11N3O2. The molecule has 0 aliphatic carbocycles. The van der Waals surface area contributed by atoms with Crippen molar-refractivity contribution in [1.82, 2.24) is 5.32 Å².